The lowest BCUT2D eigenvalue weighted by Crippen LogP contribution is -2.37. The van der Waals surface area contributed by atoms with Gasteiger partial charge in [0.2, 0.25) is 11.9 Å². The predicted molar refractivity (Wildman–Crippen MR) is 155 cm³/mol. The molecule has 226 valence electrons. The number of nitrogens with zero attached hydrogens (tertiary/aromatic N) is 6. The molecule has 6 rings (SSSR count). The van der Waals surface area contributed by atoms with Crippen molar-refractivity contribution in [2.45, 2.75) is 57.8 Å². The number of amides is 1. The summed E-state index contributed by atoms with van der Waals surface area (Å²) in [6.45, 7) is 4.25. The zero-order chi connectivity index (χ0) is 29.1. The molecule has 1 N–H and O–H groups in total. The highest BCUT2D eigenvalue weighted by atomic mass is 19.3. The molecular weight excluding hydrogens is 542 g/mol. The average molecular weight is 583 g/mol. The van der Waals surface area contributed by atoms with E-state index in [-0.39, 0.29) is 24.3 Å². The molecule has 1 atom stereocenters. The molecule has 1 aromatic carbocycles. The number of alkyl halides is 2. The zero-order valence-corrected chi connectivity index (χ0v) is 24.0. The molecule has 0 unspecified atom stereocenters. The van der Waals surface area contributed by atoms with E-state index in [4.69, 9.17) is 14.7 Å². The maximum Gasteiger partial charge on any atom is 0.296 e. The fraction of sp³-hybridized carbons (Fsp3) is 0.613. The van der Waals surface area contributed by atoms with Crippen molar-refractivity contribution in [3.8, 4) is 5.82 Å². The topological polar surface area (TPSA) is 96.6 Å². The van der Waals surface area contributed by atoms with Gasteiger partial charge < -0.3 is 19.6 Å². The molecule has 3 aliphatic rings. The van der Waals surface area contributed by atoms with Crippen LogP contribution in [0.3, 0.4) is 0 Å². The number of fused-ring (bicyclic) bond motifs is 1. The molecule has 0 radical (unpaired) electrons. The molecule has 42 heavy (non-hydrogen) atoms. The number of aliphatic hydroxyl groups excluding tert-OH is 1. The monoisotopic (exact) mass is 582 g/mol. The number of aliphatic hydroxyl groups is 1. The Morgan fingerprint density at radius 1 is 1.00 bits per heavy atom. The molecule has 1 aliphatic carbocycles. The summed E-state index contributed by atoms with van der Waals surface area (Å²) in [7, 11) is 0. The maximum absolute atomic E-state index is 14.1. The number of hydrogen-bond donors (Lipinski definition) is 1. The second kappa shape index (κ2) is 13.0. The van der Waals surface area contributed by atoms with Gasteiger partial charge in [-0.15, -0.1) is 0 Å². The molecule has 4 heterocycles. The number of aromatic nitrogens is 4. The van der Waals surface area contributed by atoms with Gasteiger partial charge in [-0.05, 0) is 75.3 Å². The van der Waals surface area contributed by atoms with E-state index in [2.05, 4.69) is 4.98 Å². The molecule has 1 saturated carbocycles. The Labute approximate surface area is 244 Å². The van der Waals surface area contributed by atoms with Gasteiger partial charge in [-0.1, -0.05) is 12.1 Å². The molecule has 0 bridgehead atoms. The van der Waals surface area contributed by atoms with Crippen molar-refractivity contribution in [2.75, 3.05) is 50.9 Å². The second-order valence-corrected chi connectivity index (χ2v) is 11.9. The number of ether oxygens (including phenoxy) is 1. The summed E-state index contributed by atoms with van der Waals surface area (Å²) in [5.41, 5.74) is 1.90. The van der Waals surface area contributed by atoms with Crippen molar-refractivity contribution in [1.29, 1.82) is 0 Å². The number of aryl methyl sites for hydroxylation is 1. The molecule has 11 heteroatoms. The molecule has 1 amide bonds. The predicted octanol–water partition coefficient (Wildman–Crippen LogP) is 4.56. The first-order chi connectivity index (χ1) is 20.5. The number of benzene rings is 1. The highest BCUT2D eigenvalue weighted by Crippen LogP contribution is 2.32. The fourth-order valence-electron chi connectivity index (χ4n) is 6.74. The van der Waals surface area contributed by atoms with Gasteiger partial charge >= 0.3 is 0 Å². The Balaban J connectivity index is 1.15. The van der Waals surface area contributed by atoms with Gasteiger partial charge in [0.1, 0.15) is 5.82 Å². The summed E-state index contributed by atoms with van der Waals surface area (Å²) in [5, 5.41) is 9.40. The van der Waals surface area contributed by atoms with E-state index < -0.39 is 6.43 Å². The Bertz CT molecular complexity index is 1370. The number of carbonyl (C=O) groups is 1. The van der Waals surface area contributed by atoms with Gasteiger partial charge in [0.05, 0.1) is 24.2 Å². The van der Waals surface area contributed by atoms with Crippen LogP contribution in [-0.4, -0.2) is 81.4 Å². The van der Waals surface area contributed by atoms with Crippen LogP contribution in [0.5, 0.6) is 0 Å². The smallest absolute Gasteiger partial charge is 0.296 e. The Morgan fingerprint density at radius 3 is 2.55 bits per heavy atom. The van der Waals surface area contributed by atoms with Crippen LogP contribution in [0.25, 0.3) is 16.9 Å². The van der Waals surface area contributed by atoms with E-state index >= 15 is 0 Å². The minimum atomic E-state index is -2.75. The summed E-state index contributed by atoms with van der Waals surface area (Å²) < 4.78 is 35.2. The Kier molecular flexibility index (Phi) is 8.95. The van der Waals surface area contributed by atoms with Crippen LogP contribution in [0.15, 0.2) is 30.3 Å². The number of anilines is 1. The van der Waals surface area contributed by atoms with Crippen molar-refractivity contribution in [3.63, 3.8) is 0 Å². The molecular formula is C31H40F2N6O3. The van der Waals surface area contributed by atoms with Crippen LogP contribution in [0, 0.1) is 17.8 Å². The van der Waals surface area contributed by atoms with Crippen LogP contribution in [0.4, 0.5) is 14.7 Å². The van der Waals surface area contributed by atoms with E-state index in [9.17, 15) is 18.7 Å². The molecule has 3 aromatic rings. The van der Waals surface area contributed by atoms with Crippen molar-refractivity contribution in [2.24, 2.45) is 17.8 Å². The van der Waals surface area contributed by atoms with Gasteiger partial charge in [0.15, 0.2) is 5.82 Å². The quantitative estimate of drug-likeness (QED) is 0.395. The first-order valence-corrected chi connectivity index (χ1v) is 15.4. The third-order valence-corrected chi connectivity index (χ3v) is 9.16. The number of rotatable bonds is 9. The van der Waals surface area contributed by atoms with Gasteiger partial charge in [0.25, 0.3) is 6.43 Å². The molecule has 3 fully saturated rings. The minimum Gasteiger partial charge on any atom is -0.396 e. The standard InChI is InChI=1S/C31H40F2N6O3/c32-28(33)29-35-25-6-1-2-7-26(25)39(29)27-18-24(34-31(36-27)37-14-16-42-17-15-37)5-3-4-21-12-13-38(19-21)30(41)23-10-8-22(20-40)9-11-23/h1-2,6-7,18,21-23,28,40H,3-5,8-17,19-20H2/t21-,22-,23-/m0/s1. The largest absolute Gasteiger partial charge is 0.396 e. The van der Waals surface area contributed by atoms with E-state index in [1.807, 2.05) is 21.9 Å². The molecule has 2 saturated heterocycles. The number of para-hydroxylation sites is 2. The average Bonchev–Trinajstić information content (AvgIpc) is 3.66. The summed E-state index contributed by atoms with van der Waals surface area (Å²) in [6, 6.07) is 8.95. The van der Waals surface area contributed by atoms with Gasteiger partial charge in [-0.25, -0.2) is 18.7 Å². The van der Waals surface area contributed by atoms with Crippen LogP contribution in [0.1, 0.15) is 62.9 Å². The first-order valence-electron chi connectivity index (χ1n) is 15.4. The maximum atomic E-state index is 14.1. The Hall–Kier alpha value is -3.18. The number of hydrogen-bond acceptors (Lipinski definition) is 7. The van der Waals surface area contributed by atoms with Gasteiger partial charge in [-0.2, -0.15) is 4.98 Å². The van der Waals surface area contributed by atoms with E-state index in [1.54, 1.807) is 18.2 Å². The molecule has 2 aromatic heterocycles. The number of morpholine rings is 1. The molecule has 2 aliphatic heterocycles. The zero-order valence-electron chi connectivity index (χ0n) is 24.0. The van der Waals surface area contributed by atoms with Crippen LogP contribution < -0.4 is 4.90 Å². The number of likely N-dealkylation sites (tertiary alicyclic amines) is 1. The Morgan fingerprint density at radius 2 is 1.79 bits per heavy atom. The lowest BCUT2D eigenvalue weighted by Gasteiger charge is -2.29. The third kappa shape index (κ3) is 6.27. The van der Waals surface area contributed by atoms with E-state index in [1.165, 1.54) is 4.57 Å². The van der Waals surface area contributed by atoms with Crippen LogP contribution >= 0.6 is 0 Å². The number of halogens is 2. The molecule has 9 nitrogen and oxygen atoms in total. The van der Waals surface area contributed by atoms with Crippen molar-refractivity contribution < 1.29 is 23.4 Å². The van der Waals surface area contributed by atoms with Crippen molar-refractivity contribution in [1.82, 2.24) is 24.4 Å². The van der Waals surface area contributed by atoms with Crippen LogP contribution in [0.2, 0.25) is 0 Å². The van der Waals surface area contributed by atoms with E-state index in [0.717, 1.165) is 63.7 Å². The lowest BCUT2D eigenvalue weighted by atomic mass is 9.82. The van der Waals surface area contributed by atoms with Crippen LogP contribution in [-0.2, 0) is 16.0 Å². The summed E-state index contributed by atoms with van der Waals surface area (Å²) in [4.78, 5) is 31.0. The summed E-state index contributed by atoms with van der Waals surface area (Å²) in [5.74, 6) is 1.78. The first kappa shape index (κ1) is 28.9. The number of imidazole rings is 1. The summed E-state index contributed by atoms with van der Waals surface area (Å²) >= 11 is 0. The summed E-state index contributed by atoms with van der Waals surface area (Å²) in [6.07, 6.45) is 4.45. The van der Waals surface area contributed by atoms with Gasteiger partial charge in [0, 0.05) is 50.5 Å². The van der Waals surface area contributed by atoms with Gasteiger partial charge in [-0.3, -0.25) is 9.36 Å². The normalized spacial score (nSPS) is 23.3. The van der Waals surface area contributed by atoms with Crippen molar-refractivity contribution in [3.05, 3.63) is 41.9 Å². The number of carbonyl (C=O) groups excluding carboxylic acids is 1. The fourth-order valence-corrected chi connectivity index (χ4v) is 6.74. The molecule has 0 spiro atoms. The second-order valence-electron chi connectivity index (χ2n) is 11.9. The van der Waals surface area contributed by atoms with E-state index in [0.29, 0.717) is 67.4 Å². The minimum absolute atomic E-state index is 0.0991. The third-order valence-electron chi connectivity index (χ3n) is 9.16. The highest BCUT2D eigenvalue weighted by molar-refractivity contribution is 5.79. The lowest BCUT2D eigenvalue weighted by molar-refractivity contribution is -0.136. The SMILES string of the molecule is O=C([C@H]1CC[C@H](CO)CC1)N1CC[C@H](CCCc2cc(-n3c(C(F)F)nc4ccccc43)nc(N3CCOCC3)n2)C1. The van der Waals surface area contributed by atoms with Crippen molar-refractivity contribution >= 4 is 22.9 Å². The highest BCUT2D eigenvalue weighted by Gasteiger charge is 2.33.